The zero-order chi connectivity index (χ0) is 11.8. The Bertz CT molecular complexity index is 380. The third-order valence-corrected chi connectivity index (χ3v) is 5.59. The lowest BCUT2D eigenvalue weighted by Crippen LogP contribution is -2.44. The summed E-state index contributed by atoms with van der Waals surface area (Å²) in [6.07, 6.45) is 1.35. The highest BCUT2D eigenvalue weighted by atomic mass is 32.2. The lowest BCUT2D eigenvalue weighted by Gasteiger charge is -2.37. The second-order valence-electron chi connectivity index (χ2n) is 4.67. The monoisotopic (exact) mass is 248 g/mol. The Morgan fingerprint density at radius 3 is 2.38 bits per heavy atom. The van der Waals surface area contributed by atoms with Crippen LogP contribution in [0.2, 0.25) is 0 Å². The van der Waals surface area contributed by atoms with Gasteiger partial charge in [-0.05, 0) is 25.2 Å². The molecule has 0 saturated carbocycles. The maximum absolute atomic E-state index is 11.4. The van der Waals surface area contributed by atoms with Gasteiger partial charge in [-0.15, -0.1) is 0 Å². The predicted molar refractivity (Wildman–Crippen MR) is 56.9 cm³/mol. The van der Waals surface area contributed by atoms with E-state index in [0.717, 1.165) is 0 Å². The molecule has 6 heteroatoms. The van der Waals surface area contributed by atoms with Crippen molar-refractivity contribution in [2.24, 2.45) is 11.3 Å². The van der Waals surface area contributed by atoms with Gasteiger partial charge in [0.25, 0.3) is 0 Å². The van der Waals surface area contributed by atoms with Gasteiger partial charge in [0.1, 0.15) is 0 Å². The van der Waals surface area contributed by atoms with Crippen molar-refractivity contribution in [1.29, 1.82) is 0 Å². The molecule has 2 heterocycles. The molecule has 2 fully saturated rings. The van der Waals surface area contributed by atoms with Gasteiger partial charge in [0.2, 0.25) is 0 Å². The number of carboxylic acids is 1. The Kier molecular flexibility index (Phi) is 2.96. The van der Waals surface area contributed by atoms with E-state index in [-0.39, 0.29) is 17.4 Å². The number of carboxylic acid groups (broad SMARTS) is 1. The maximum Gasteiger partial charge on any atom is 0.310 e. The van der Waals surface area contributed by atoms with Crippen LogP contribution < -0.4 is 0 Å². The van der Waals surface area contributed by atoms with Crippen molar-refractivity contribution in [1.82, 2.24) is 0 Å². The van der Waals surface area contributed by atoms with Crippen LogP contribution in [-0.2, 0) is 19.4 Å². The lowest BCUT2D eigenvalue weighted by atomic mass is 9.69. The quantitative estimate of drug-likeness (QED) is 0.760. The third-order valence-electron chi connectivity index (χ3n) is 3.82. The molecule has 92 valence electrons. The first-order chi connectivity index (χ1) is 7.46. The highest BCUT2D eigenvalue weighted by Gasteiger charge is 2.50. The fourth-order valence-corrected chi connectivity index (χ4v) is 4.67. The van der Waals surface area contributed by atoms with Crippen LogP contribution in [0.25, 0.3) is 0 Å². The van der Waals surface area contributed by atoms with Crippen LogP contribution in [0.15, 0.2) is 0 Å². The number of hydrogen-bond acceptors (Lipinski definition) is 4. The smallest absolute Gasteiger partial charge is 0.310 e. The predicted octanol–water partition coefficient (Wildman–Crippen LogP) is 0.302. The zero-order valence-corrected chi connectivity index (χ0v) is 9.83. The van der Waals surface area contributed by atoms with Crippen molar-refractivity contribution in [3.05, 3.63) is 0 Å². The van der Waals surface area contributed by atoms with E-state index in [0.29, 0.717) is 32.5 Å². The number of carbonyl (C=O) groups is 1. The van der Waals surface area contributed by atoms with Crippen molar-refractivity contribution < 1.29 is 23.1 Å². The molecule has 1 atom stereocenters. The molecule has 0 bridgehead atoms. The van der Waals surface area contributed by atoms with Crippen LogP contribution >= 0.6 is 0 Å². The fourth-order valence-electron chi connectivity index (χ4n) is 2.76. The second-order valence-corrected chi connectivity index (χ2v) is 6.90. The molecular formula is C10H16O5S. The van der Waals surface area contributed by atoms with Crippen molar-refractivity contribution >= 4 is 15.8 Å². The Morgan fingerprint density at radius 2 is 1.94 bits per heavy atom. The Balaban J connectivity index is 2.23. The summed E-state index contributed by atoms with van der Waals surface area (Å²) in [4.78, 5) is 11.4. The molecule has 16 heavy (non-hydrogen) atoms. The van der Waals surface area contributed by atoms with E-state index in [1.807, 2.05) is 0 Å². The average Bonchev–Trinajstić information content (AvgIpc) is 2.60. The van der Waals surface area contributed by atoms with Gasteiger partial charge in [0, 0.05) is 13.2 Å². The minimum atomic E-state index is -3.02. The molecule has 0 aliphatic carbocycles. The van der Waals surface area contributed by atoms with Crippen LogP contribution in [0.1, 0.15) is 19.3 Å². The first-order valence-corrected chi connectivity index (χ1v) is 7.30. The molecule has 0 aromatic rings. The SMILES string of the molecule is O=C(O)C1(C2CCS(=O)(=O)C2)CCOCC1. The number of sulfone groups is 1. The minimum Gasteiger partial charge on any atom is -0.481 e. The summed E-state index contributed by atoms with van der Waals surface area (Å²) in [5.74, 6) is -0.941. The summed E-state index contributed by atoms with van der Waals surface area (Å²) in [7, 11) is -3.02. The average molecular weight is 248 g/mol. The van der Waals surface area contributed by atoms with Crippen LogP contribution in [-0.4, -0.2) is 44.2 Å². The Hall–Kier alpha value is -0.620. The maximum atomic E-state index is 11.4. The van der Waals surface area contributed by atoms with Crippen LogP contribution in [0, 0.1) is 11.3 Å². The van der Waals surface area contributed by atoms with Crippen molar-refractivity contribution in [3.8, 4) is 0 Å². The molecular weight excluding hydrogens is 232 g/mol. The fraction of sp³-hybridized carbons (Fsp3) is 0.900. The van der Waals surface area contributed by atoms with Crippen molar-refractivity contribution in [3.63, 3.8) is 0 Å². The van der Waals surface area contributed by atoms with Gasteiger partial charge < -0.3 is 9.84 Å². The van der Waals surface area contributed by atoms with Gasteiger partial charge >= 0.3 is 5.97 Å². The number of ether oxygens (including phenoxy) is 1. The molecule has 2 rings (SSSR count). The van der Waals surface area contributed by atoms with Gasteiger partial charge in [-0.25, -0.2) is 8.42 Å². The lowest BCUT2D eigenvalue weighted by molar-refractivity contribution is -0.159. The third kappa shape index (κ3) is 1.96. The molecule has 2 aliphatic rings. The topological polar surface area (TPSA) is 80.7 Å². The van der Waals surface area contributed by atoms with Gasteiger partial charge in [-0.3, -0.25) is 4.79 Å². The molecule has 1 unspecified atom stereocenters. The molecule has 0 aromatic carbocycles. The molecule has 0 aromatic heterocycles. The van der Waals surface area contributed by atoms with Gasteiger partial charge in [-0.2, -0.15) is 0 Å². The summed E-state index contributed by atoms with van der Waals surface area (Å²) >= 11 is 0. The van der Waals surface area contributed by atoms with E-state index >= 15 is 0 Å². The van der Waals surface area contributed by atoms with Crippen LogP contribution in [0.5, 0.6) is 0 Å². The van der Waals surface area contributed by atoms with E-state index in [9.17, 15) is 18.3 Å². The summed E-state index contributed by atoms with van der Waals surface area (Å²) in [5, 5.41) is 9.37. The number of aliphatic carboxylic acids is 1. The number of hydrogen-bond donors (Lipinski definition) is 1. The molecule has 0 spiro atoms. The van der Waals surface area contributed by atoms with Gasteiger partial charge in [-0.1, -0.05) is 0 Å². The van der Waals surface area contributed by atoms with Crippen molar-refractivity contribution in [2.45, 2.75) is 19.3 Å². The summed E-state index contributed by atoms with van der Waals surface area (Å²) < 4.78 is 28.0. The second kappa shape index (κ2) is 4.00. The summed E-state index contributed by atoms with van der Waals surface area (Å²) in [6.45, 7) is 0.839. The van der Waals surface area contributed by atoms with E-state index in [2.05, 4.69) is 0 Å². The molecule has 1 N–H and O–H groups in total. The van der Waals surface area contributed by atoms with Gasteiger partial charge in [0.15, 0.2) is 9.84 Å². The molecule has 2 saturated heterocycles. The minimum absolute atomic E-state index is 0.0271. The Labute approximate surface area is 94.7 Å². The summed E-state index contributed by atoms with van der Waals surface area (Å²) in [6, 6.07) is 0. The van der Waals surface area contributed by atoms with E-state index in [1.54, 1.807) is 0 Å². The molecule has 0 radical (unpaired) electrons. The zero-order valence-electron chi connectivity index (χ0n) is 9.02. The first kappa shape index (κ1) is 11.9. The van der Waals surface area contributed by atoms with Crippen LogP contribution in [0.3, 0.4) is 0 Å². The highest BCUT2D eigenvalue weighted by molar-refractivity contribution is 7.91. The van der Waals surface area contributed by atoms with E-state index in [1.165, 1.54) is 0 Å². The summed E-state index contributed by atoms with van der Waals surface area (Å²) in [5.41, 5.74) is -0.873. The molecule has 0 amide bonds. The largest absolute Gasteiger partial charge is 0.481 e. The standard InChI is InChI=1S/C10H16O5S/c11-9(12)10(2-4-15-5-3-10)8-1-6-16(13,14)7-8/h8H,1-7H2,(H,11,12). The number of rotatable bonds is 2. The molecule has 5 nitrogen and oxygen atoms in total. The van der Waals surface area contributed by atoms with Crippen LogP contribution in [0.4, 0.5) is 0 Å². The van der Waals surface area contributed by atoms with E-state index < -0.39 is 21.2 Å². The normalized spacial score (nSPS) is 32.4. The first-order valence-electron chi connectivity index (χ1n) is 5.48. The van der Waals surface area contributed by atoms with E-state index in [4.69, 9.17) is 4.74 Å². The highest BCUT2D eigenvalue weighted by Crippen LogP contribution is 2.43. The van der Waals surface area contributed by atoms with Gasteiger partial charge in [0.05, 0.1) is 16.9 Å². The Morgan fingerprint density at radius 1 is 1.31 bits per heavy atom. The molecule has 2 aliphatic heterocycles. The van der Waals surface area contributed by atoms with Crippen molar-refractivity contribution in [2.75, 3.05) is 24.7 Å².